The van der Waals surface area contributed by atoms with E-state index in [1.54, 1.807) is 0 Å². The van der Waals surface area contributed by atoms with Crippen molar-refractivity contribution in [3.05, 3.63) is 51.9 Å². The van der Waals surface area contributed by atoms with E-state index in [-0.39, 0.29) is 22.4 Å². The van der Waals surface area contributed by atoms with E-state index < -0.39 is 11.9 Å². The lowest BCUT2D eigenvalue weighted by molar-refractivity contribution is 0.0601. The van der Waals surface area contributed by atoms with E-state index in [0.717, 1.165) is 0 Å². The van der Waals surface area contributed by atoms with Crippen molar-refractivity contribution in [2.24, 2.45) is 0 Å². The average Bonchev–Trinajstić information content (AvgIpc) is 2.61. The Kier molecular flexibility index (Phi) is 5.20. The number of ether oxygens (including phenoxy) is 3. The molecular formula is C16H16N2O6. The number of rotatable bonds is 5. The van der Waals surface area contributed by atoms with Crippen LogP contribution in [0.2, 0.25) is 0 Å². The van der Waals surface area contributed by atoms with Crippen LogP contribution < -0.4 is 20.3 Å². The van der Waals surface area contributed by atoms with E-state index in [0.29, 0.717) is 11.5 Å². The smallest absolute Gasteiger partial charge is 0.340 e. The Balaban J connectivity index is 2.43. The highest BCUT2D eigenvalue weighted by molar-refractivity contribution is 6.08. The van der Waals surface area contributed by atoms with Gasteiger partial charge in [-0.25, -0.2) is 4.79 Å². The lowest BCUT2D eigenvalue weighted by atomic mass is 10.1. The summed E-state index contributed by atoms with van der Waals surface area (Å²) in [7, 11) is 4.09. The fourth-order valence-corrected chi connectivity index (χ4v) is 2.01. The van der Waals surface area contributed by atoms with Crippen LogP contribution in [0.4, 0.5) is 5.69 Å². The van der Waals surface area contributed by atoms with Gasteiger partial charge in [-0.15, -0.1) is 0 Å². The van der Waals surface area contributed by atoms with E-state index in [4.69, 9.17) is 14.2 Å². The number of carbonyl (C=O) groups is 2. The summed E-state index contributed by atoms with van der Waals surface area (Å²) in [5.74, 6) is -0.502. The van der Waals surface area contributed by atoms with Crippen LogP contribution in [0.25, 0.3) is 0 Å². The molecule has 8 nitrogen and oxygen atoms in total. The van der Waals surface area contributed by atoms with Crippen molar-refractivity contribution in [2.45, 2.75) is 0 Å². The number of esters is 1. The Morgan fingerprint density at radius 1 is 1.04 bits per heavy atom. The summed E-state index contributed by atoms with van der Waals surface area (Å²) in [5.41, 5.74) is 0.191. The molecule has 2 aromatic rings. The number of anilines is 1. The number of methoxy groups -OCH3 is 3. The molecule has 0 radical (unpaired) electrons. The molecule has 2 rings (SSSR count). The fraction of sp³-hybridized carbons (Fsp3) is 0.188. The van der Waals surface area contributed by atoms with Gasteiger partial charge in [-0.05, 0) is 6.07 Å². The monoisotopic (exact) mass is 332 g/mol. The summed E-state index contributed by atoms with van der Waals surface area (Å²) in [6, 6.07) is 5.46. The molecule has 0 aliphatic heterocycles. The van der Waals surface area contributed by atoms with Gasteiger partial charge in [0.15, 0.2) is 11.5 Å². The summed E-state index contributed by atoms with van der Waals surface area (Å²) in [6.45, 7) is 0. The Labute approximate surface area is 137 Å². The van der Waals surface area contributed by atoms with Crippen molar-refractivity contribution in [3.8, 4) is 11.5 Å². The lowest BCUT2D eigenvalue weighted by Crippen LogP contribution is -2.17. The standard InChI is InChI=1S/C16H16N2O6/c1-22-12-6-10(16(21)24-3)11(7-13(12)23-2)18-15(20)9-4-5-14(19)17-8-9/h4-8H,1-3H3,(H,17,19)(H,18,20). The topological polar surface area (TPSA) is 107 Å². The fourth-order valence-electron chi connectivity index (χ4n) is 2.01. The Morgan fingerprint density at radius 3 is 2.25 bits per heavy atom. The normalized spacial score (nSPS) is 9.96. The van der Waals surface area contributed by atoms with Gasteiger partial charge in [0, 0.05) is 24.4 Å². The Hall–Kier alpha value is -3.29. The third-order valence-corrected chi connectivity index (χ3v) is 3.22. The van der Waals surface area contributed by atoms with Gasteiger partial charge >= 0.3 is 5.97 Å². The van der Waals surface area contributed by atoms with Crippen molar-refractivity contribution < 1.29 is 23.8 Å². The van der Waals surface area contributed by atoms with Crippen LogP contribution in [-0.2, 0) is 4.74 Å². The third-order valence-electron chi connectivity index (χ3n) is 3.22. The minimum atomic E-state index is -0.646. The summed E-state index contributed by atoms with van der Waals surface area (Å²) in [5, 5.41) is 2.59. The van der Waals surface area contributed by atoms with Crippen molar-refractivity contribution in [2.75, 3.05) is 26.6 Å². The van der Waals surface area contributed by atoms with Crippen molar-refractivity contribution in [1.82, 2.24) is 4.98 Å². The van der Waals surface area contributed by atoms with Crippen molar-refractivity contribution >= 4 is 17.6 Å². The molecule has 1 aromatic heterocycles. The second-order valence-corrected chi connectivity index (χ2v) is 4.64. The van der Waals surface area contributed by atoms with Crippen LogP contribution in [0.3, 0.4) is 0 Å². The lowest BCUT2D eigenvalue weighted by Gasteiger charge is -2.14. The number of amides is 1. The van der Waals surface area contributed by atoms with Gasteiger partial charge in [-0.3, -0.25) is 9.59 Å². The van der Waals surface area contributed by atoms with Crippen LogP contribution in [0.1, 0.15) is 20.7 Å². The van der Waals surface area contributed by atoms with Crippen LogP contribution in [0.5, 0.6) is 11.5 Å². The van der Waals surface area contributed by atoms with Gasteiger partial charge in [0.05, 0.1) is 38.1 Å². The number of carbonyl (C=O) groups excluding carboxylic acids is 2. The zero-order valence-electron chi connectivity index (χ0n) is 13.3. The summed E-state index contributed by atoms with van der Waals surface area (Å²) in [6.07, 6.45) is 1.27. The number of hydrogen-bond donors (Lipinski definition) is 2. The molecule has 2 N–H and O–H groups in total. The average molecular weight is 332 g/mol. The maximum Gasteiger partial charge on any atom is 0.340 e. The van der Waals surface area contributed by atoms with Crippen molar-refractivity contribution in [3.63, 3.8) is 0 Å². The number of aromatic amines is 1. The van der Waals surface area contributed by atoms with Gasteiger partial charge in [-0.2, -0.15) is 0 Å². The number of hydrogen-bond acceptors (Lipinski definition) is 6. The third kappa shape index (κ3) is 3.54. The van der Waals surface area contributed by atoms with Crippen molar-refractivity contribution in [1.29, 1.82) is 0 Å². The highest BCUT2D eigenvalue weighted by Gasteiger charge is 2.19. The van der Waals surface area contributed by atoms with E-state index in [2.05, 4.69) is 10.3 Å². The quantitative estimate of drug-likeness (QED) is 0.802. The molecule has 8 heteroatoms. The molecule has 0 saturated heterocycles. The summed E-state index contributed by atoms with van der Waals surface area (Å²) < 4.78 is 15.0. The molecule has 0 aliphatic rings. The van der Waals surface area contributed by atoms with Gasteiger partial charge in [0.2, 0.25) is 5.56 Å². The van der Waals surface area contributed by atoms with E-state index >= 15 is 0 Å². The molecule has 0 atom stereocenters. The molecular weight excluding hydrogens is 316 g/mol. The van der Waals surface area contributed by atoms with E-state index in [1.807, 2.05) is 0 Å². The molecule has 1 aromatic carbocycles. The predicted octanol–water partition coefficient (Wildman–Crippen LogP) is 1.43. The first kappa shape index (κ1) is 17.1. The number of aromatic nitrogens is 1. The number of benzene rings is 1. The molecule has 0 unspecified atom stereocenters. The summed E-state index contributed by atoms with van der Waals surface area (Å²) >= 11 is 0. The molecule has 0 saturated carbocycles. The minimum absolute atomic E-state index is 0.105. The first-order valence-corrected chi connectivity index (χ1v) is 6.84. The molecule has 126 valence electrons. The number of nitrogens with one attached hydrogen (secondary N) is 2. The second kappa shape index (κ2) is 7.32. The zero-order chi connectivity index (χ0) is 17.7. The van der Waals surface area contributed by atoms with Crippen LogP contribution in [0, 0.1) is 0 Å². The molecule has 1 amide bonds. The first-order valence-electron chi connectivity index (χ1n) is 6.84. The van der Waals surface area contributed by atoms with Crippen LogP contribution >= 0.6 is 0 Å². The predicted molar refractivity (Wildman–Crippen MR) is 85.9 cm³/mol. The highest BCUT2D eigenvalue weighted by Crippen LogP contribution is 2.33. The molecule has 1 heterocycles. The van der Waals surface area contributed by atoms with Gasteiger partial charge in [-0.1, -0.05) is 0 Å². The van der Waals surface area contributed by atoms with Crippen LogP contribution in [-0.4, -0.2) is 38.2 Å². The molecule has 0 fully saturated rings. The Morgan fingerprint density at radius 2 is 1.71 bits per heavy atom. The Bertz CT molecular complexity index is 807. The molecule has 0 bridgehead atoms. The second-order valence-electron chi connectivity index (χ2n) is 4.64. The molecule has 24 heavy (non-hydrogen) atoms. The maximum atomic E-state index is 12.3. The SMILES string of the molecule is COC(=O)c1cc(OC)c(OC)cc1NC(=O)c1ccc(=O)[nH]c1. The highest BCUT2D eigenvalue weighted by atomic mass is 16.5. The number of H-pyrrole nitrogens is 1. The first-order chi connectivity index (χ1) is 11.5. The van der Waals surface area contributed by atoms with Gasteiger partial charge < -0.3 is 24.5 Å². The van der Waals surface area contributed by atoms with E-state index in [1.165, 1.54) is 51.8 Å². The van der Waals surface area contributed by atoms with Gasteiger partial charge in [0.25, 0.3) is 5.91 Å². The van der Waals surface area contributed by atoms with E-state index in [9.17, 15) is 14.4 Å². The summed E-state index contributed by atoms with van der Waals surface area (Å²) in [4.78, 5) is 37.7. The molecule has 0 aliphatic carbocycles. The number of pyridine rings is 1. The molecule has 0 spiro atoms. The maximum absolute atomic E-state index is 12.3. The largest absolute Gasteiger partial charge is 0.493 e. The van der Waals surface area contributed by atoms with Gasteiger partial charge in [0.1, 0.15) is 0 Å². The minimum Gasteiger partial charge on any atom is -0.493 e. The van der Waals surface area contributed by atoms with Crippen LogP contribution in [0.15, 0.2) is 35.3 Å². The zero-order valence-corrected chi connectivity index (χ0v) is 13.3.